The Labute approximate surface area is 114 Å². The number of hydrogen-bond donors (Lipinski definition) is 2. The summed E-state index contributed by atoms with van der Waals surface area (Å²) < 4.78 is 23.9. The fourth-order valence-corrected chi connectivity index (χ4v) is 1.87. The highest BCUT2D eigenvalue weighted by atomic mass is 19.1. The van der Waals surface area contributed by atoms with Gasteiger partial charge in [-0.25, -0.2) is 9.18 Å². The molecule has 2 aromatic rings. The predicted molar refractivity (Wildman–Crippen MR) is 68.2 cm³/mol. The standard InChI is InChI=1S/C13H13FN2O4/c1-19-6-7-3-8(12(20-2)9(14)4-7)10-5-11(13(17)18)16-15-10/h3-5H,6H2,1-2H3,(H,15,16)(H,17,18). The summed E-state index contributed by atoms with van der Waals surface area (Å²) in [7, 11) is 2.83. The average molecular weight is 280 g/mol. The molecule has 0 saturated heterocycles. The molecule has 0 aliphatic rings. The summed E-state index contributed by atoms with van der Waals surface area (Å²) in [6.07, 6.45) is 0. The van der Waals surface area contributed by atoms with Gasteiger partial charge in [-0.15, -0.1) is 0 Å². The molecule has 0 fully saturated rings. The monoisotopic (exact) mass is 280 g/mol. The van der Waals surface area contributed by atoms with Gasteiger partial charge in [0.15, 0.2) is 11.6 Å². The van der Waals surface area contributed by atoms with Gasteiger partial charge in [0.25, 0.3) is 0 Å². The summed E-state index contributed by atoms with van der Waals surface area (Å²) in [5, 5.41) is 15.1. The van der Waals surface area contributed by atoms with Crippen molar-refractivity contribution in [2.75, 3.05) is 14.2 Å². The first-order valence-corrected chi connectivity index (χ1v) is 5.71. The lowest BCUT2D eigenvalue weighted by Crippen LogP contribution is -1.97. The molecule has 1 aromatic heterocycles. The summed E-state index contributed by atoms with van der Waals surface area (Å²) >= 11 is 0. The molecular formula is C13H13FN2O4. The maximum atomic E-state index is 14.0. The lowest BCUT2D eigenvalue weighted by Gasteiger charge is -2.10. The summed E-state index contributed by atoms with van der Waals surface area (Å²) in [5.41, 5.74) is 1.17. The third-order valence-corrected chi connectivity index (χ3v) is 2.70. The molecule has 0 amide bonds. The first-order chi connectivity index (χ1) is 9.56. The third-order valence-electron chi connectivity index (χ3n) is 2.70. The molecule has 0 aliphatic heterocycles. The number of hydrogen-bond acceptors (Lipinski definition) is 4. The number of H-pyrrole nitrogens is 1. The molecule has 2 N–H and O–H groups in total. The van der Waals surface area contributed by atoms with E-state index in [4.69, 9.17) is 14.6 Å². The molecule has 1 heterocycles. The predicted octanol–water partition coefficient (Wildman–Crippen LogP) is 2.07. The molecule has 0 saturated carbocycles. The van der Waals surface area contributed by atoms with E-state index < -0.39 is 11.8 Å². The van der Waals surface area contributed by atoms with Gasteiger partial charge >= 0.3 is 5.97 Å². The van der Waals surface area contributed by atoms with Crippen LogP contribution in [0.4, 0.5) is 4.39 Å². The molecule has 0 unspecified atom stereocenters. The summed E-state index contributed by atoms with van der Waals surface area (Å²) in [6.45, 7) is 0.226. The number of rotatable bonds is 5. The second kappa shape index (κ2) is 5.70. The SMILES string of the molecule is COCc1cc(F)c(OC)c(-c2cc(C(=O)O)[nH]n2)c1. The van der Waals surface area contributed by atoms with Crippen LogP contribution in [0.3, 0.4) is 0 Å². The quantitative estimate of drug-likeness (QED) is 0.875. The highest BCUT2D eigenvalue weighted by Crippen LogP contribution is 2.33. The van der Waals surface area contributed by atoms with E-state index >= 15 is 0 Å². The lowest BCUT2D eigenvalue weighted by molar-refractivity contribution is 0.0690. The first-order valence-electron chi connectivity index (χ1n) is 5.71. The molecule has 0 aliphatic carbocycles. The second-order valence-electron chi connectivity index (χ2n) is 4.06. The van der Waals surface area contributed by atoms with Crippen molar-refractivity contribution in [3.63, 3.8) is 0 Å². The van der Waals surface area contributed by atoms with Crippen LogP contribution in [0.25, 0.3) is 11.3 Å². The van der Waals surface area contributed by atoms with Crippen molar-refractivity contribution >= 4 is 5.97 Å². The number of halogens is 1. The van der Waals surface area contributed by atoms with E-state index in [1.54, 1.807) is 6.07 Å². The van der Waals surface area contributed by atoms with Gasteiger partial charge in [0.1, 0.15) is 5.69 Å². The number of aromatic amines is 1. The van der Waals surface area contributed by atoms with Gasteiger partial charge < -0.3 is 14.6 Å². The van der Waals surface area contributed by atoms with Crippen molar-refractivity contribution in [3.05, 3.63) is 35.3 Å². The Morgan fingerprint density at radius 3 is 2.70 bits per heavy atom. The molecular weight excluding hydrogens is 267 g/mol. The van der Waals surface area contributed by atoms with E-state index in [9.17, 15) is 9.18 Å². The van der Waals surface area contributed by atoms with E-state index in [0.29, 0.717) is 11.1 Å². The molecule has 2 rings (SSSR count). The minimum absolute atomic E-state index is 0.00768. The molecule has 1 aromatic carbocycles. The summed E-state index contributed by atoms with van der Waals surface area (Å²) in [6, 6.07) is 4.26. The highest BCUT2D eigenvalue weighted by Gasteiger charge is 2.17. The number of benzene rings is 1. The number of ether oxygens (including phenoxy) is 2. The van der Waals surface area contributed by atoms with E-state index in [-0.39, 0.29) is 23.7 Å². The molecule has 0 spiro atoms. The topological polar surface area (TPSA) is 84.4 Å². The Bertz CT molecular complexity index is 639. The smallest absolute Gasteiger partial charge is 0.353 e. The van der Waals surface area contributed by atoms with E-state index in [1.165, 1.54) is 26.4 Å². The Morgan fingerprint density at radius 1 is 1.40 bits per heavy atom. The van der Waals surface area contributed by atoms with E-state index in [0.717, 1.165) is 0 Å². The fourth-order valence-electron chi connectivity index (χ4n) is 1.87. The zero-order chi connectivity index (χ0) is 14.7. The largest absolute Gasteiger partial charge is 0.493 e. The highest BCUT2D eigenvalue weighted by molar-refractivity contribution is 5.87. The normalized spacial score (nSPS) is 10.6. The van der Waals surface area contributed by atoms with Crippen molar-refractivity contribution in [2.45, 2.75) is 6.61 Å². The van der Waals surface area contributed by atoms with E-state index in [1.807, 2.05) is 0 Å². The number of carbonyl (C=O) groups is 1. The number of aromatic nitrogens is 2. The molecule has 0 radical (unpaired) electrons. The number of carboxylic acids is 1. The molecule has 6 nitrogen and oxygen atoms in total. The van der Waals surface area contributed by atoms with Gasteiger partial charge in [-0.05, 0) is 23.8 Å². The Morgan fingerprint density at radius 2 is 2.15 bits per heavy atom. The van der Waals surface area contributed by atoms with Crippen molar-refractivity contribution in [1.82, 2.24) is 10.2 Å². The van der Waals surface area contributed by atoms with Crippen LogP contribution in [0.1, 0.15) is 16.1 Å². The zero-order valence-electron chi connectivity index (χ0n) is 10.9. The van der Waals surface area contributed by atoms with Gasteiger partial charge in [-0.2, -0.15) is 5.10 Å². The number of methoxy groups -OCH3 is 2. The van der Waals surface area contributed by atoms with Crippen LogP contribution < -0.4 is 4.74 Å². The fraction of sp³-hybridized carbons (Fsp3) is 0.231. The van der Waals surface area contributed by atoms with Crippen LogP contribution in [-0.4, -0.2) is 35.5 Å². The summed E-state index contributed by atoms with van der Waals surface area (Å²) in [4.78, 5) is 10.8. The van der Waals surface area contributed by atoms with Crippen LogP contribution in [0.5, 0.6) is 5.75 Å². The minimum atomic E-state index is -1.14. The Balaban J connectivity index is 2.54. The van der Waals surface area contributed by atoms with Crippen molar-refractivity contribution in [1.29, 1.82) is 0 Å². The zero-order valence-corrected chi connectivity index (χ0v) is 10.9. The van der Waals surface area contributed by atoms with Crippen molar-refractivity contribution in [3.8, 4) is 17.0 Å². The second-order valence-corrected chi connectivity index (χ2v) is 4.06. The van der Waals surface area contributed by atoms with Crippen LogP contribution in [0.2, 0.25) is 0 Å². The number of carboxylic acid groups (broad SMARTS) is 1. The van der Waals surface area contributed by atoms with Crippen LogP contribution in [0, 0.1) is 5.82 Å². The maximum Gasteiger partial charge on any atom is 0.353 e. The van der Waals surface area contributed by atoms with E-state index in [2.05, 4.69) is 10.2 Å². The minimum Gasteiger partial charge on any atom is -0.493 e. The lowest BCUT2D eigenvalue weighted by atomic mass is 10.1. The number of nitrogens with one attached hydrogen (secondary N) is 1. The van der Waals surface area contributed by atoms with Crippen LogP contribution in [0.15, 0.2) is 18.2 Å². The maximum absolute atomic E-state index is 14.0. The van der Waals surface area contributed by atoms with Crippen LogP contribution in [-0.2, 0) is 11.3 Å². The Kier molecular flexibility index (Phi) is 3.99. The van der Waals surface area contributed by atoms with Gasteiger partial charge in [0.2, 0.25) is 0 Å². The average Bonchev–Trinajstić information content (AvgIpc) is 2.88. The third kappa shape index (κ3) is 2.62. The first kappa shape index (κ1) is 14.0. The Hall–Kier alpha value is -2.41. The number of nitrogens with zero attached hydrogens (tertiary/aromatic N) is 1. The van der Waals surface area contributed by atoms with Crippen LogP contribution >= 0.6 is 0 Å². The summed E-state index contributed by atoms with van der Waals surface area (Å²) in [5.74, 6) is -1.69. The van der Waals surface area contributed by atoms with Crippen molar-refractivity contribution < 1.29 is 23.8 Å². The van der Waals surface area contributed by atoms with Gasteiger partial charge in [0, 0.05) is 12.7 Å². The van der Waals surface area contributed by atoms with Crippen molar-refractivity contribution in [2.24, 2.45) is 0 Å². The molecule has 20 heavy (non-hydrogen) atoms. The van der Waals surface area contributed by atoms with Gasteiger partial charge in [-0.3, -0.25) is 5.10 Å². The molecule has 0 atom stereocenters. The molecule has 7 heteroatoms. The van der Waals surface area contributed by atoms with Gasteiger partial charge in [-0.1, -0.05) is 0 Å². The molecule has 0 bridgehead atoms. The number of aromatic carboxylic acids is 1. The van der Waals surface area contributed by atoms with Gasteiger partial charge in [0.05, 0.1) is 19.4 Å². The molecule has 106 valence electrons.